The van der Waals surface area contributed by atoms with E-state index in [1.165, 1.54) is 12.1 Å². The molecule has 1 aromatic rings. The molecule has 1 unspecified atom stereocenters. The molecule has 1 saturated heterocycles. The van der Waals surface area contributed by atoms with Crippen molar-refractivity contribution in [1.29, 1.82) is 0 Å². The highest BCUT2D eigenvalue weighted by Crippen LogP contribution is 2.31. The molecule has 2 N–H and O–H groups in total. The zero-order valence-electron chi connectivity index (χ0n) is 11.7. The summed E-state index contributed by atoms with van der Waals surface area (Å²) in [6, 6.07) is 3.21. The van der Waals surface area contributed by atoms with Crippen LogP contribution in [-0.2, 0) is 10.3 Å². The fourth-order valence-electron chi connectivity index (χ4n) is 2.48. The largest absolute Gasteiger partial charge is 0.394 e. The number of carbonyl (C=O) groups is 1. The van der Waals surface area contributed by atoms with Crippen LogP contribution in [0.3, 0.4) is 0 Å². The summed E-state index contributed by atoms with van der Waals surface area (Å²) in [4.78, 5) is 13.9. The highest BCUT2D eigenvalue weighted by Gasteiger charge is 2.48. The van der Waals surface area contributed by atoms with Gasteiger partial charge < -0.3 is 10.4 Å². The molecule has 1 heterocycles. The summed E-state index contributed by atoms with van der Waals surface area (Å²) in [6.07, 6.45) is 0. The Hall–Kier alpha value is -1.53. The van der Waals surface area contributed by atoms with Gasteiger partial charge in [-0.3, -0.25) is 9.69 Å². The Bertz CT molecular complexity index is 532. The number of aliphatic hydroxyl groups excluding tert-OH is 1. The van der Waals surface area contributed by atoms with Gasteiger partial charge in [-0.25, -0.2) is 8.78 Å². The minimum atomic E-state index is -1.04. The molecule has 0 aromatic heterocycles. The molecule has 20 heavy (non-hydrogen) atoms. The van der Waals surface area contributed by atoms with Gasteiger partial charge in [-0.05, 0) is 38.6 Å². The second kappa shape index (κ2) is 4.79. The lowest BCUT2D eigenvalue weighted by atomic mass is 9.84. The molecule has 1 aliphatic rings. The number of hydrogen-bond donors (Lipinski definition) is 2. The number of benzene rings is 1. The number of carbonyl (C=O) groups excluding carboxylic acids is 1. The first-order valence-corrected chi connectivity index (χ1v) is 6.32. The molecule has 1 aromatic carbocycles. The molecule has 4 nitrogen and oxygen atoms in total. The van der Waals surface area contributed by atoms with Crippen molar-refractivity contribution in [1.82, 2.24) is 10.2 Å². The number of rotatable bonds is 2. The van der Waals surface area contributed by atoms with Crippen LogP contribution in [0.1, 0.15) is 19.4 Å². The second-order valence-electron chi connectivity index (χ2n) is 5.73. The van der Waals surface area contributed by atoms with E-state index in [0.29, 0.717) is 12.1 Å². The molecule has 1 aliphatic heterocycles. The van der Waals surface area contributed by atoms with Crippen molar-refractivity contribution in [3.63, 3.8) is 0 Å². The van der Waals surface area contributed by atoms with Gasteiger partial charge in [0.2, 0.25) is 5.91 Å². The van der Waals surface area contributed by atoms with Crippen LogP contribution in [0.25, 0.3) is 0 Å². The fraction of sp³-hybridized carbons (Fsp3) is 0.500. The first-order valence-electron chi connectivity index (χ1n) is 6.32. The molecule has 0 saturated carbocycles. The molecule has 0 spiro atoms. The Morgan fingerprint density at radius 3 is 2.30 bits per heavy atom. The molecule has 2 rings (SSSR count). The van der Waals surface area contributed by atoms with E-state index in [9.17, 15) is 18.7 Å². The van der Waals surface area contributed by atoms with Gasteiger partial charge in [0, 0.05) is 12.6 Å². The maximum absolute atomic E-state index is 13.4. The number of halogens is 2. The van der Waals surface area contributed by atoms with Crippen LogP contribution in [-0.4, -0.2) is 41.7 Å². The summed E-state index contributed by atoms with van der Waals surface area (Å²) in [5.41, 5.74) is -1.59. The van der Waals surface area contributed by atoms with Crippen LogP contribution in [0.4, 0.5) is 8.78 Å². The van der Waals surface area contributed by atoms with E-state index in [1.54, 1.807) is 25.8 Å². The Balaban J connectivity index is 2.40. The van der Waals surface area contributed by atoms with E-state index < -0.39 is 22.7 Å². The standard InChI is InChI=1S/C14H18F2N2O2/c1-13(9-4-10(15)6-11(16)5-9)7-18(3)14(2,8-19)12(20)17-13/h4-6,19H,7-8H2,1-3H3,(H,17,20)/t13?,14-/m0/s1. The van der Waals surface area contributed by atoms with Crippen LogP contribution in [0, 0.1) is 11.6 Å². The normalized spacial score (nSPS) is 31.2. The first-order chi connectivity index (χ1) is 9.21. The van der Waals surface area contributed by atoms with E-state index in [1.807, 2.05) is 0 Å². The maximum atomic E-state index is 13.4. The quantitative estimate of drug-likeness (QED) is 0.851. The van der Waals surface area contributed by atoms with Crippen LogP contribution in [0.5, 0.6) is 0 Å². The van der Waals surface area contributed by atoms with E-state index in [2.05, 4.69) is 5.32 Å². The average molecular weight is 284 g/mol. The Kier molecular flexibility index (Phi) is 3.56. The molecule has 110 valence electrons. The third kappa shape index (κ3) is 2.29. The van der Waals surface area contributed by atoms with E-state index >= 15 is 0 Å². The SMILES string of the molecule is CN1CC(C)(c2cc(F)cc(F)c2)NC(=O)[C@]1(C)CO. The minimum absolute atomic E-state index is 0.330. The van der Waals surface area contributed by atoms with Gasteiger partial charge in [-0.15, -0.1) is 0 Å². The van der Waals surface area contributed by atoms with Crippen molar-refractivity contribution in [2.45, 2.75) is 24.9 Å². The van der Waals surface area contributed by atoms with Crippen molar-refractivity contribution in [3.05, 3.63) is 35.4 Å². The van der Waals surface area contributed by atoms with Crippen LogP contribution in [0.15, 0.2) is 18.2 Å². The summed E-state index contributed by atoms with van der Waals surface area (Å²) in [5.74, 6) is -1.75. The molecule has 6 heteroatoms. The Morgan fingerprint density at radius 1 is 1.30 bits per heavy atom. The maximum Gasteiger partial charge on any atom is 0.243 e. The van der Waals surface area contributed by atoms with Gasteiger partial charge in [0.1, 0.15) is 17.2 Å². The number of piperazine rings is 1. The van der Waals surface area contributed by atoms with Crippen molar-refractivity contribution in [2.24, 2.45) is 0 Å². The monoisotopic (exact) mass is 284 g/mol. The molecular weight excluding hydrogens is 266 g/mol. The molecule has 0 radical (unpaired) electrons. The van der Waals surface area contributed by atoms with Gasteiger partial charge in [-0.1, -0.05) is 0 Å². The second-order valence-corrected chi connectivity index (χ2v) is 5.73. The Labute approximate surface area is 116 Å². The minimum Gasteiger partial charge on any atom is -0.394 e. The molecule has 0 aliphatic carbocycles. The van der Waals surface area contributed by atoms with Gasteiger partial charge in [0.05, 0.1) is 12.1 Å². The third-order valence-corrected chi connectivity index (χ3v) is 4.08. The number of nitrogens with one attached hydrogen (secondary N) is 1. The lowest BCUT2D eigenvalue weighted by Crippen LogP contribution is -2.70. The summed E-state index contributed by atoms with van der Waals surface area (Å²) in [7, 11) is 1.70. The van der Waals surface area contributed by atoms with E-state index in [4.69, 9.17) is 0 Å². The molecule has 1 fully saturated rings. The number of likely N-dealkylation sites (N-methyl/N-ethyl adjacent to an activating group) is 1. The van der Waals surface area contributed by atoms with Gasteiger partial charge in [-0.2, -0.15) is 0 Å². The van der Waals surface area contributed by atoms with Crippen LogP contribution < -0.4 is 5.32 Å². The zero-order valence-corrected chi connectivity index (χ0v) is 11.7. The van der Waals surface area contributed by atoms with Gasteiger partial charge >= 0.3 is 0 Å². The predicted molar refractivity (Wildman–Crippen MR) is 70.0 cm³/mol. The van der Waals surface area contributed by atoms with Crippen LogP contribution in [0.2, 0.25) is 0 Å². The zero-order chi connectivity index (χ0) is 15.1. The molecular formula is C14H18F2N2O2. The molecule has 2 atom stereocenters. The number of nitrogens with zero attached hydrogens (tertiary/aromatic N) is 1. The number of hydrogen-bond acceptors (Lipinski definition) is 3. The van der Waals surface area contributed by atoms with Crippen molar-refractivity contribution < 1.29 is 18.7 Å². The topological polar surface area (TPSA) is 52.6 Å². The molecule has 1 amide bonds. The summed E-state index contributed by atoms with van der Waals surface area (Å²) >= 11 is 0. The van der Waals surface area contributed by atoms with Gasteiger partial charge in [0.15, 0.2) is 0 Å². The first kappa shape index (κ1) is 14.9. The average Bonchev–Trinajstić information content (AvgIpc) is 2.34. The fourth-order valence-corrected chi connectivity index (χ4v) is 2.48. The van der Waals surface area contributed by atoms with E-state index in [-0.39, 0.29) is 12.5 Å². The highest BCUT2D eigenvalue weighted by atomic mass is 19.1. The number of aliphatic hydroxyl groups is 1. The molecule has 0 bridgehead atoms. The summed E-state index contributed by atoms with van der Waals surface area (Å²) in [5, 5.41) is 12.2. The smallest absolute Gasteiger partial charge is 0.243 e. The van der Waals surface area contributed by atoms with Crippen LogP contribution >= 0.6 is 0 Å². The van der Waals surface area contributed by atoms with Crippen molar-refractivity contribution in [2.75, 3.05) is 20.2 Å². The highest BCUT2D eigenvalue weighted by molar-refractivity contribution is 5.87. The lowest BCUT2D eigenvalue weighted by Gasteiger charge is -2.48. The number of amides is 1. The van der Waals surface area contributed by atoms with Gasteiger partial charge in [0.25, 0.3) is 0 Å². The lowest BCUT2D eigenvalue weighted by molar-refractivity contribution is -0.143. The predicted octanol–water partition coefficient (Wildman–Crippen LogP) is 0.993. The van der Waals surface area contributed by atoms with Crippen molar-refractivity contribution in [3.8, 4) is 0 Å². The Morgan fingerprint density at radius 2 is 1.85 bits per heavy atom. The van der Waals surface area contributed by atoms with E-state index in [0.717, 1.165) is 6.07 Å². The van der Waals surface area contributed by atoms with Crippen molar-refractivity contribution >= 4 is 5.91 Å². The third-order valence-electron chi connectivity index (χ3n) is 4.08. The summed E-state index contributed by atoms with van der Waals surface area (Å²) < 4.78 is 26.7. The summed E-state index contributed by atoms with van der Waals surface area (Å²) in [6.45, 7) is 3.32.